The molecule has 0 atom stereocenters. The van der Waals surface area contributed by atoms with Gasteiger partial charge < -0.3 is 4.42 Å². The number of nitrogens with zero attached hydrogens (tertiary/aromatic N) is 2. The van der Waals surface area contributed by atoms with Gasteiger partial charge in [0.2, 0.25) is 11.2 Å². The molecule has 0 saturated carbocycles. The normalized spacial score (nSPS) is 12.6. The first kappa shape index (κ1) is 24.5. The molecule has 0 unspecified atom stereocenters. The monoisotopic (exact) mass is 507 g/mol. The first-order chi connectivity index (χ1) is 16.8. The summed E-state index contributed by atoms with van der Waals surface area (Å²) in [6, 6.07) is 17.6. The quantitative estimate of drug-likeness (QED) is 0.141. The van der Waals surface area contributed by atoms with Gasteiger partial charge in [0.05, 0.1) is 28.3 Å². The van der Waals surface area contributed by atoms with Crippen LogP contribution in [0.5, 0.6) is 0 Å². The number of furan rings is 1. The smallest absolute Gasteiger partial charge is 0.216 e. The topological polar surface area (TPSA) is 21.4 Å². The highest BCUT2D eigenvalue weighted by Gasteiger charge is 2.30. The number of fused-ring (bicyclic) bond motifs is 4. The van der Waals surface area contributed by atoms with Gasteiger partial charge in [-0.2, -0.15) is 4.57 Å². The molecule has 0 aliphatic carbocycles. The lowest BCUT2D eigenvalue weighted by molar-refractivity contribution is -0.633. The summed E-state index contributed by atoms with van der Waals surface area (Å²) in [7, 11) is -0.921. The minimum Gasteiger partial charge on any atom is -0.456 e. The van der Waals surface area contributed by atoms with Crippen molar-refractivity contribution in [2.45, 2.75) is 53.1 Å². The highest BCUT2D eigenvalue weighted by atomic mass is 28.3. The van der Waals surface area contributed by atoms with Crippen molar-refractivity contribution in [1.29, 1.82) is 0 Å². The Hall–Kier alpha value is -3.21. The van der Waals surface area contributed by atoms with Gasteiger partial charge in [-0.3, -0.25) is 0 Å². The van der Waals surface area contributed by atoms with Crippen LogP contribution in [-0.2, 0) is 7.05 Å². The predicted molar refractivity (Wildman–Crippen MR) is 160 cm³/mol. The molecule has 0 fully saturated rings. The van der Waals surface area contributed by atoms with Crippen LogP contribution in [0.2, 0.25) is 39.3 Å². The molecule has 0 radical (unpaired) electrons. The Labute approximate surface area is 216 Å². The van der Waals surface area contributed by atoms with Crippen LogP contribution < -0.4 is 14.9 Å². The van der Waals surface area contributed by atoms with Crippen LogP contribution >= 0.6 is 0 Å². The van der Waals surface area contributed by atoms with Crippen molar-refractivity contribution >= 4 is 65.0 Å². The maximum atomic E-state index is 7.43. The largest absolute Gasteiger partial charge is 0.456 e. The molecule has 2 aromatic heterocycles. The van der Waals surface area contributed by atoms with E-state index in [4.69, 9.17) is 11.0 Å². The molecule has 2 heterocycles. The van der Waals surface area contributed by atoms with E-state index in [1.165, 1.54) is 38.1 Å². The molecule has 36 heavy (non-hydrogen) atoms. The van der Waals surface area contributed by atoms with Crippen LogP contribution in [-0.4, -0.2) is 16.1 Å². The van der Waals surface area contributed by atoms with Crippen molar-refractivity contribution < 1.29 is 8.98 Å². The number of pyridine rings is 1. The first-order valence-corrected chi connectivity index (χ1v) is 19.6. The van der Waals surface area contributed by atoms with Crippen molar-refractivity contribution in [2.24, 2.45) is 7.05 Å². The van der Waals surface area contributed by atoms with E-state index in [-0.39, 0.29) is 0 Å². The highest BCUT2D eigenvalue weighted by Crippen LogP contribution is 2.39. The van der Waals surface area contributed by atoms with E-state index in [0.717, 1.165) is 27.5 Å². The van der Waals surface area contributed by atoms with Gasteiger partial charge in [-0.05, 0) is 48.4 Å². The molecule has 0 N–H and O–H groups in total. The molecule has 0 amide bonds. The molecule has 182 valence electrons. The minimum absolute atomic E-state index is 0.604. The fourth-order valence-corrected chi connectivity index (χ4v) is 8.06. The predicted octanol–water partition coefficient (Wildman–Crippen LogP) is 7.49. The van der Waals surface area contributed by atoms with Crippen LogP contribution in [0.4, 0.5) is 5.69 Å². The number of aryl methyl sites for hydroxylation is 2. The molecule has 0 spiro atoms. The van der Waals surface area contributed by atoms with Crippen molar-refractivity contribution in [2.75, 3.05) is 0 Å². The van der Waals surface area contributed by atoms with Crippen molar-refractivity contribution in [3.05, 3.63) is 71.1 Å². The summed E-state index contributed by atoms with van der Waals surface area (Å²) < 4.78 is 8.89. The molecule has 0 aliphatic heterocycles. The van der Waals surface area contributed by atoms with E-state index < -0.39 is 16.1 Å². The summed E-state index contributed by atoms with van der Waals surface area (Å²) in [5, 5.41) is 6.57. The fraction of sp³-hybridized carbons (Fsp3) is 0.290. The standard InChI is InChI=1S/C31H35N2OSi2/c1-19-15-24-23-13-11-21(32-3)16-28(23)34-31(24)30(20(19)2)27-18-29(36(8,9)10)25-17-22(35(5,6)7)12-14-26(25)33(27)4/h11-18H,1-2,4-10H3/q+1. The average molecular weight is 508 g/mol. The molecule has 0 bridgehead atoms. The molecule has 3 aromatic carbocycles. The summed E-state index contributed by atoms with van der Waals surface area (Å²) in [6.07, 6.45) is 0. The van der Waals surface area contributed by atoms with Gasteiger partial charge in [0.25, 0.3) is 0 Å². The number of benzene rings is 3. The molecular weight excluding hydrogens is 473 g/mol. The van der Waals surface area contributed by atoms with E-state index in [0.29, 0.717) is 5.69 Å². The molecule has 0 aliphatic rings. The first-order valence-electron chi connectivity index (χ1n) is 12.6. The SMILES string of the molecule is [C-]#[N+]c1ccc2c(c1)oc1c(-c3cc([Si](C)(C)C)c4cc([Si](C)(C)C)ccc4[n+]3C)c(C)c(C)cc12. The maximum absolute atomic E-state index is 7.43. The Kier molecular flexibility index (Phi) is 5.55. The summed E-state index contributed by atoms with van der Waals surface area (Å²) in [5.41, 5.74) is 8.39. The second-order valence-electron chi connectivity index (χ2n) is 12.2. The second-order valence-corrected chi connectivity index (χ2v) is 22.3. The number of hydrogen-bond acceptors (Lipinski definition) is 1. The van der Waals surface area contributed by atoms with Gasteiger partial charge in [0.15, 0.2) is 5.69 Å². The van der Waals surface area contributed by atoms with E-state index in [9.17, 15) is 0 Å². The maximum Gasteiger partial charge on any atom is 0.216 e. The fourth-order valence-electron chi connectivity index (χ4n) is 5.32. The number of hydrogen-bond donors (Lipinski definition) is 0. The van der Waals surface area contributed by atoms with E-state index in [1.807, 2.05) is 18.2 Å². The Balaban J connectivity index is 1.93. The van der Waals surface area contributed by atoms with Crippen LogP contribution in [0.3, 0.4) is 0 Å². The van der Waals surface area contributed by atoms with Gasteiger partial charge in [-0.1, -0.05) is 62.7 Å². The second kappa shape index (κ2) is 8.16. The summed E-state index contributed by atoms with van der Waals surface area (Å²) in [4.78, 5) is 3.61. The molecule has 5 heteroatoms. The van der Waals surface area contributed by atoms with Gasteiger partial charge in [0.1, 0.15) is 18.2 Å². The molecule has 5 rings (SSSR count). The Morgan fingerprint density at radius 2 is 1.53 bits per heavy atom. The highest BCUT2D eigenvalue weighted by molar-refractivity contribution is 6.91. The molecule has 3 nitrogen and oxygen atoms in total. The van der Waals surface area contributed by atoms with Crippen molar-refractivity contribution in [3.8, 4) is 11.3 Å². The van der Waals surface area contributed by atoms with Crippen LogP contribution in [0.25, 0.3) is 48.9 Å². The minimum atomic E-state index is -1.67. The third-order valence-corrected chi connectivity index (χ3v) is 11.7. The number of rotatable bonds is 3. The van der Waals surface area contributed by atoms with Gasteiger partial charge in [0, 0.05) is 28.3 Å². The Morgan fingerprint density at radius 1 is 0.806 bits per heavy atom. The zero-order valence-corrected chi connectivity index (χ0v) is 24.9. The summed E-state index contributed by atoms with van der Waals surface area (Å²) in [6.45, 7) is 26.4. The van der Waals surface area contributed by atoms with Crippen LogP contribution in [0.15, 0.2) is 52.9 Å². The van der Waals surface area contributed by atoms with E-state index in [2.05, 4.69) is 99.9 Å². The number of aromatic nitrogens is 1. The van der Waals surface area contributed by atoms with Crippen LogP contribution in [0.1, 0.15) is 11.1 Å². The van der Waals surface area contributed by atoms with E-state index >= 15 is 0 Å². The lowest BCUT2D eigenvalue weighted by atomic mass is 9.96. The molecule has 0 saturated heterocycles. The van der Waals surface area contributed by atoms with Gasteiger partial charge in [-0.15, -0.1) is 0 Å². The Bertz CT molecular complexity index is 1740. The van der Waals surface area contributed by atoms with Gasteiger partial charge >= 0.3 is 0 Å². The third-order valence-electron chi connectivity index (χ3n) is 7.62. The third kappa shape index (κ3) is 3.80. The van der Waals surface area contributed by atoms with Crippen molar-refractivity contribution in [1.82, 2.24) is 0 Å². The lowest BCUT2D eigenvalue weighted by Crippen LogP contribution is -2.45. The lowest BCUT2D eigenvalue weighted by Gasteiger charge is -2.22. The summed E-state index contributed by atoms with van der Waals surface area (Å²) in [5.74, 6) is 0. The summed E-state index contributed by atoms with van der Waals surface area (Å²) >= 11 is 0. The Morgan fingerprint density at radius 3 is 2.17 bits per heavy atom. The van der Waals surface area contributed by atoms with Crippen molar-refractivity contribution in [3.63, 3.8) is 0 Å². The zero-order valence-electron chi connectivity index (χ0n) is 22.9. The van der Waals surface area contributed by atoms with Gasteiger partial charge in [-0.25, -0.2) is 4.85 Å². The molecular formula is C31H35N2OSi2+. The average Bonchev–Trinajstić information content (AvgIpc) is 3.16. The van der Waals surface area contributed by atoms with Crippen LogP contribution in [0, 0.1) is 20.4 Å². The molecule has 5 aromatic rings. The zero-order chi connectivity index (χ0) is 26.2. The van der Waals surface area contributed by atoms with E-state index in [1.54, 1.807) is 0 Å².